The highest BCUT2D eigenvalue weighted by Gasteiger charge is 2.14. The van der Waals surface area contributed by atoms with Crippen LogP contribution in [-0.4, -0.2) is 0 Å². The molecule has 1 atom stereocenters. The molecule has 2 N–H and O–H groups in total. The first kappa shape index (κ1) is 13.4. The lowest BCUT2D eigenvalue weighted by atomic mass is 10.1. The van der Waals surface area contributed by atoms with E-state index in [1.165, 1.54) is 30.3 Å². The van der Waals surface area contributed by atoms with E-state index in [4.69, 9.17) is 10.5 Å². The average Bonchev–Trinajstić information content (AvgIpc) is 2.36. The smallest absolute Gasteiger partial charge is 0.201 e. The molecule has 100 valence electrons. The molecule has 0 saturated carbocycles. The molecule has 2 aromatic carbocycles. The van der Waals surface area contributed by atoms with Gasteiger partial charge in [0.25, 0.3) is 0 Å². The van der Waals surface area contributed by atoms with Gasteiger partial charge < -0.3 is 10.5 Å². The van der Waals surface area contributed by atoms with E-state index in [0.717, 1.165) is 6.07 Å². The van der Waals surface area contributed by atoms with E-state index in [1.54, 1.807) is 6.92 Å². The topological polar surface area (TPSA) is 35.2 Å². The maximum Gasteiger partial charge on any atom is 0.201 e. The van der Waals surface area contributed by atoms with Gasteiger partial charge in [-0.3, -0.25) is 0 Å². The Balaban J connectivity index is 2.41. The average molecular weight is 267 g/mol. The molecule has 0 saturated heterocycles. The Morgan fingerprint density at radius 1 is 1.05 bits per heavy atom. The molecule has 0 heterocycles. The van der Waals surface area contributed by atoms with E-state index in [9.17, 15) is 13.2 Å². The van der Waals surface area contributed by atoms with Crippen LogP contribution in [0.25, 0.3) is 0 Å². The zero-order chi connectivity index (χ0) is 14.0. The van der Waals surface area contributed by atoms with Crippen molar-refractivity contribution < 1.29 is 17.9 Å². The molecule has 2 nitrogen and oxygen atoms in total. The molecule has 19 heavy (non-hydrogen) atoms. The predicted octanol–water partition coefficient (Wildman–Crippen LogP) is 3.92. The maximum absolute atomic E-state index is 13.5. The Hall–Kier alpha value is -2.01. The van der Waals surface area contributed by atoms with Gasteiger partial charge >= 0.3 is 0 Å². The lowest BCUT2D eigenvalue weighted by molar-refractivity contribution is 0.410. The summed E-state index contributed by atoms with van der Waals surface area (Å²) in [6.45, 7) is 1.64. The van der Waals surface area contributed by atoms with Crippen LogP contribution in [-0.2, 0) is 0 Å². The summed E-state index contributed by atoms with van der Waals surface area (Å²) in [7, 11) is 0. The summed E-state index contributed by atoms with van der Waals surface area (Å²) in [6, 6.07) is 6.80. The van der Waals surface area contributed by atoms with E-state index < -0.39 is 23.5 Å². The fourth-order valence-electron chi connectivity index (χ4n) is 1.65. The Morgan fingerprint density at radius 2 is 1.79 bits per heavy atom. The minimum atomic E-state index is -1.09. The number of ether oxygens (including phenoxy) is 1. The highest BCUT2D eigenvalue weighted by atomic mass is 19.2. The maximum atomic E-state index is 13.5. The van der Waals surface area contributed by atoms with Gasteiger partial charge in [0.05, 0.1) is 0 Å². The molecule has 5 heteroatoms. The quantitative estimate of drug-likeness (QED) is 0.914. The van der Waals surface area contributed by atoms with Crippen molar-refractivity contribution in [3.05, 3.63) is 59.4 Å². The largest absolute Gasteiger partial charge is 0.454 e. The summed E-state index contributed by atoms with van der Waals surface area (Å²) >= 11 is 0. The number of hydrogen-bond acceptors (Lipinski definition) is 2. The summed E-state index contributed by atoms with van der Waals surface area (Å²) in [5.74, 6) is -2.65. The molecule has 0 bridgehead atoms. The van der Waals surface area contributed by atoms with Gasteiger partial charge in [0.1, 0.15) is 11.6 Å². The van der Waals surface area contributed by atoms with Gasteiger partial charge in [-0.2, -0.15) is 4.39 Å². The van der Waals surface area contributed by atoms with Crippen molar-refractivity contribution in [1.82, 2.24) is 0 Å². The molecule has 0 fully saturated rings. The van der Waals surface area contributed by atoms with E-state index in [1.807, 2.05) is 0 Å². The van der Waals surface area contributed by atoms with Crippen molar-refractivity contribution in [2.24, 2.45) is 5.73 Å². The highest BCUT2D eigenvalue weighted by molar-refractivity contribution is 5.40. The van der Waals surface area contributed by atoms with Gasteiger partial charge in [-0.25, -0.2) is 8.78 Å². The van der Waals surface area contributed by atoms with Gasteiger partial charge in [-0.15, -0.1) is 0 Å². The Morgan fingerprint density at radius 3 is 2.47 bits per heavy atom. The van der Waals surface area contributed by atoms with Gasteiger partial charge in [-0.05, 0) is 37.3 Å². The molecule has 0 unspecified atom stereocenters. The number of hydrogen-bond donors (Lipinski definition) is 1. The first-order valence-electron chi connectivity index (χ1n) is 5.66. The van der Waals surface area contributed by atoms with E-state index in [-0.39, 0.29) is 11.5 Å². The van der Waals surface area contributed by atoms with E-state index in [2.05, 4.69) is 0 Å². The highest BCUT2D eigenvalue weighted by Crippen LogP contribution is 2.31. The third-order valence-corrected chi connectivity index (χ3v) is 2.60. The fourth-order valence-corrected chi connectivity index (χ4v) is 1.65. The zero-order valence-electron chi connectivity index (χ0n) is 10.2. The minimum Gasteiger partial charge on any atom is -0.454 e. The van der Waals surface area contributed by atoms with Crippen LogP contribution >= 0.6 is 0 Å². The minimum absolute atomic E-state index is 0.195. The van der Waals surface area contributed by atoms with Gasteiger partial charge in [-0.1, -0.05) is 6.07 Å². The summed E-state index contributed by atoms with van der Waals surface area (Å²) in [6.07, 6.45) is 0. The first-order valence-corrected chi connectivity index (χ1v) is 5.66. The van der Waals surface area contributed by atoms with Crippen molar-refractivity contribution in [2.45, 2.75) is 13.0 Å². The van der Waals surface area contributed by atoms with Crippen LogP contribution in [0.2, 0.25) is 0 Å². The van der Waals surface area contributed by atoms with Crippen LogP contribution in [0.4, 0.5) is 13.2 Å². The Labute approximate surface area is 108 Å². The second kappa shape index (κ2) is 5.32. The molecular weight excluding hydrogens is 255 g/mol. The van der Waals surface area contributed by atoms with Crippen molar-refractivity contribution >= 4 is 0 Å². The number of halogens is 3. The first-order chi connectivity index (χ1) is 8.99. The van der Waals surface area contributed by atoms with Gasteiger partial charge in [0.15, 0.2) is 11.6 Å². The van der Waals surface area contributed by atoms with Crippen LogP contribution in [0, 0.1) is 17.5 Å². The van der Waals surface area contributed by atoms with Crippen LogP contribution in [0.5, 0.6) is 11.5 Å². The fraction of sp³-hybridized carbons (Fsp3) is 0.143. The van der Waals surface area contributed by atoms with E-state index >= 15 is 0 Å². The lowest BCUT2D eigenvalue weighted by Gasteiger charge is -2.14. The van der Waals surface area contributed by atoms with Crippen molar-refractivity contribution in [3.8, 4) is 11.5 Å². The molecule has 0 aliphatic rings. The second-order valence-corrected chi connectivity index (χ2v) is 4.12. The van der Waals surface area contributed by atoms with Gasteiger partial charge in [0, 0.05) is 11.6 Å². The zero-order valence-corrected chi connectivity index (χ0v) is 10.2. The molecule has 0 aromatic heterocycles. The van der Waals surface area contributed by atoms with Crippen LogP contribution < -0.4 is 10.5 Å². The summed E-state index contributed by atoms with van der Waals surface area (Å²) in [5, 5.41) is 0. The Bertz CT molecular complexity index is 599. The second-order valence-electron chi connectivity index (χ2n) is 4.12. The number of benzene rings is 2. The molecular formula is C14H12F3NO. The van der Waals surface area contributed by atoms with Gasteiger partial charge in [0.2, 0.25) is 5.82 Å². The lowest BCUT2D eigenvalue weighted by Crippen LogP contribution is -2.07. The molecule has 0 radical (unpaired) electrons. The standard InChI is InChI=1S/C14H12F3NO/c1-8(18)10-7-9(15)5-6-12(10)19-13-4-2-3-11(16)14(13)17/h2-8H,18H2,1H3/t8-/m0/s1. The molecule has 0 aliphatic carbocycles. The monoisotopic (exact) mass is 267 g/mol. The Kier molecular flexibility index (Phi) is 3.76. The summed E-state index contributed by atoms with van der Waals surface area (Å²) in [5.41, 5.74) is 6.07. The molecule has 2 aromatic rings. The molecule has 2 rings (SSSR count). The van der Waals surface area contributed by atoms with Crippen molar-refractivity contribution in [3.63, 3.8) is 0 Å². The number of nitrogens with two attached hydrogens (primary N) is 1. The van der Waals surface area contributed by atoms with Crippen molar-refractivity contribution in [2.75, 3.05) is 0 Å². The summed E-state index contributed by atoms with van der Waals surface area (Å²) < 4.78 is 45.0. The van der Waals surface area contributed by atoms with Crippen molar-refractivity contribution in [1.29, 1.82) is 0 Å². The third-order valence-electron chi connectivity index (χ3n) is 2.60. The van der Waals surface area contributed by atoms with Crippen LogP contribution in [0.1, 0.15) is 18.5 Å². The summed E-state index contributed by atoms with van der Waals surface area (Å²) in [4.78, 5) is 0. The molecule has 0 aliphatic heterocycles. The normalized spacial score (nSPS) is 12.3. The molecule has 0 spiro atoms. The van der Waals surface area contributed by atoms with Crippen LogP contribution in [0.15, 0.2) is 36.4 Å². The SMILES string of the molecule is C[C@H](N)c1cc(F)ccc1Oc1cccc(F)c1F. The number of rotatable bonds is 3. The molecule has 0 amide bonds. The van der Waals surface area contributed by atoms with Crippen LogP contribution in [0.3, 0.4) is 0 Å². The van der Waals surface area contributed by atoms with E-state index in [0.29, 0.717) is 5.56 Å². The third kappa shape index (κ3) is 2.88. The predicted molar refractivity (Wildman–Crippen MR) is 65.4 cm³/mol.